The average molecular weight is 330 g/mol. The number of aromatic nitrogens is 2. The van der Waals surface area contributed by atoms with Gasteiger partial charge >= 0.3 is 0 Å². The molecular weight excluding hydrogens is 308 g/mol. The lowest BCUT2D eigenvalue weighted by Crippen LogP contribution is -2.32. The van der Waals surface area contributed by atoms with Crippen LogP contribution >= 0.6 is 12.2 Å². The van der Waals surface area contributed by atoms with Crippen molar-refractivity contribution in [3.05, 3.63) is 53.1 Å². The molecule has 0 saturated carbocycles. The minimum absolute atomic E-state index is 0.0178. The van der Waals surface area contributed by atoms with Crippen LogP contribution in [0.15, 0.2) is 30.5 Å². The van der Waals surface area contributed by atoms with E-state index < -0.39 is 0 Å². The van der Waals surface area contributed by atoms with E-state index in [4.69, 9.17) is 12.2 Å². The molecular formula is C17H22N4OS. The normalized spacial score (nSPS) is 20.9. The standard InChI is InChI=1S/C17H22N4OS/c1-11-10-13(12(2)20(11)3)16-15(14-6-4-5-7-18-14)19-17(23)21(16)8-9-22/h4-7,10,15-16,22H,8-9H2,1-3H3,(H,19,23)/t15-,16-/m0/s1. The van der Waals surface area contributed by atoms with Crippen molar-refractivity contribution in [1.29, 1.82) is 0 Å². The molecule has 2 atom stereocenters. The second kappa shape index (κ2) is 6.29. The zero-order valence-corrected chi connectivity index (χ0v) is 14.5. The fraction of sp³-hybridized carbons (Fsp3) is 0.412. The summed E-state index contributed by atoms with van der Waals surface area (Å²) < 4.78 is 2.18. The monoisotopic (exact) mass is 330 g/mol. The number of aliphatic hydroxyl groups excluding tert-OH is 1. The maximum absolute atomic E-state index is 9.45. The minimum atomic E-state index is -0.0178. The van der Waals surface area contributed by atoms with Crippen LogP contribution < -0.4 is 5.32 Å². The third-order valence-corrected chi connectivity index (χ3v) is 5.02. The van der Waals surface area contributed by atoms with Crippen LogP contribution in [0.5, 0.6) is 0 Å². The number of β-amino-alcohol motifs (C(OH)–C–C–N with tert-alkyl or cyclic N) is 1. The Labute approximate surface area is 142 Å². The number of thiocarbonyl (C=S) groups is 1. The SMILES string of the molecule is Cc1cc([C@H]2[C@H](c3ccccn3)NC(=S)N2CCO)c(C)n1C. The highest BCUT2D eigenvalue weighted by molar-refractivity contribution is 7.80. The number of nitrogens with one attached hydrogen (secondary N) is 1. The van der Waals surface area contributed by atoms with Crippen LogP contribution in [0.4, 0.5) is 0 Å². The quantitative estimate of drug-likeness (QED) is 0.840. The van der Waals surface area contributed by atoms with Gasteiger partial charge in [-0.1, -0.05) is 6.07 Å². The van der Waals surface area contributed by atoms with Gasteiger partial charge < -0.3 is 19.9 Å². The highest BCUT2D eigenvalue weighted by Gasteiger charge is 2.40. The highest BCUT2D eigenvalue weighted by atomic mass is 32.1. The van der Waals surface area contributed by atoms with E-state index in [1.165, 1.54) is 17.0 Å². The van der Waals surface area contributed by atoms with E-state index in [0.717, 1.165) is 5.69 Å². The third kappa shape index (κ3) is 2.72. The lowest BCUT2D eigenvalue weighted by atomic mass is 9.97. The molecule has 0 amide bonds. The Morgan fingerprint density at radius 2 is 2.13 bits per heavy atom. The van der Waals surface area contributed by atoms with Crippen LogP contribution in [0, 0.1) is 13.8 Å². The summed E-state index contributed by atoms with van der Waals surface area (Å²) in [5.41, 5.74) is 4.60. The van der Waals surface area contributed by atoms with E-state index in [1.807, 2.05) is 18.2 Å². The van der Waals surface area contributed by atoms with Gasteiger partial charge in [0, 0.05) is 31.2 Å². The molecule has 1 aliphatic heterocycles. The number of pyridine rings is 1. The Kier molecular flexibility index (Phi) is 4.37. The summed E-state index contributed by atoms with van der Waals surface area (Å²) in [7, 11) is 2.07. The number of nitrogens with zero attached hydrogens (tertiary/aromatic N) is 3. The predicted octanol–water partition coefficient (Wildman–Crippen LogP) is 2.00. The van der Waals surface area contributed by atoms with Crippen LogP contribution in [0.1, 0.15) is 34.7 Å². The summed E-state index contributed by atoms with van der Waals surface area (Å²) >= 11 is 5.51. The molecule has 3 rings (SSSR count). The molecule has 0 aliphatic carbocycles. The van der Waals surface area contributed by atoms with E-state index in [9.17, 15) is 5.11 Å². The molecule has 1 aliphatic rings. The molecule has 2 aromatic rings. The van der Waals surface area contributed by atoms with Gasteiger partial charge in [-0.05, 0) is 49.8 Å². The largest absolute Gasteiger partial charge is 0.395 e. The van der Waals surface area contributed by atoms with Crippen molar-refractivity contribution in [2.24, 2.45) is 7.05 Å². The van der Waals surface area contributed by atoms with Crippen LogP contribution in [-0.2, 0) is 7.05 Å². The van der Waals surface area contributed by atoms with Crippen LogP contribution in [0.3, 0.4) is 0 Å². The Morgan fingerprint density at radius 3 is 2.70 bits per heavy atom. The van der Waals surface area contributed by atoms with E-state index in [-0.39, 0.29) is 18.7 Å². The van der Waals surface area contributed by atoms with Crippen molar-refractivity contribution in [2.45, 2.75) is 25.9 Å². The van der Waals surface area contributed by atoms with E-state index in [0.29, 0.717) is 11.7 Å². The Morgan fingerprint density at radius 1 is 1.35 bits per heavy atom. The van der Waals surface area contributed by atoms with Gasteiger partial charge in [-0.25, -0.2) is 0 Å². The summed E-state index contributed by atoms with van der Waals surface area (Å²) in [5, 5.41) is 13.5. The van der Waals surface area contributed by atoms with E-state index in [1.54, 1.807) is 6.20 Å². The first-order valence-electron chi connectivity index (χ1n) is 7.76. The molecule has 0 spiro atoms. The minimum Gasteiger partial charge on any atom is -0.395 e. The first-order valence-corrected chi connectivity index (χ1v) is 8.17. The molecule has 6 heteroatoms. The molecule has 0 bridgehead atoms. The summed E-state index contributed by atoms with van der Waals surface area (Å²) in [5.74, 6) is 0. The zero-order valence-electron chi connectivity index (χ0n) is 13.7. The Hall–Kier alpha value is -1.92. The molecule has 2 N–H and O–H groups in total. The van der Waals surface area contributed by atoms with Crippen molar-refractivity contribution in [3.63, 3.8) is 0 Å². The number of hydrogen-bond donors (Lipinski definition) is 2. The Bertz CT molecular complexity index is 713. The topological polar surface area (TPSA) is 53.3 Å². The number of aliphatic hydroxyl groups is 1. The number of rotatable bonds is 4. The van der Waals surface area contributed by atoms with E-state index >= 15 is 0 Å². The van der Waals surface area contributed by atoms with Crippen LogP contribution in [0.25, 0.3) is 0 Å². The average Bonchev–Trinajstić information content (AvgIpc) is 3.01. The molecule has 2 aromatic heterocycles. The highest BCUT2D eigenvalue weighted by Crippen LogP contribution is 2.40. The third-order valence-electron chi connectivity index (χ3n) is 4.67. The zero-order chi connectivity index (χ0) is 16.6. The van der Waals surface area contributed by atoms with Gasteiger partial charge in [-0.2, -0.15) is 0 Å². The molecule has 23 heavy (non-hydrogen) atoms. The molecule has 1 fully saturated rings. The maximum atomic E-state index is 9.45. The maximum Gasteiger partial charge on any atom is 0.170 e. The molecule has 3 heterocycles. The summed E-state index contributed by atoms with van der Waals surface area (Å²) in [6.45, 7) is 4.80. The first kappa shape index (κ1) is 16.0. The molecule has 1 saturated heterocycles. The van der Waals surface area contributed by atoms with Crippen molar-refractivity contribution >= 4 is 17.3 Å². The Balaban J connectivity index is 2.09. The summed E-state index contributed by atoms with van der Waals surface area (Å²) in [6.07, 6.45) is 1.80. The van der Waals surface area contributed by atoms with Gasteiger partial charge in [0.1, 0.15) is 0 Å². The van der Waals surface area contributed by atoms with E-state index in [2.05, 4.69) is 46.7 Å². The van der Waals surface area contributed by atoms with Crippen molar-refractivity contribution < 1.29 is 5.11 Å². The van der Waals surface area contributed by atoms with Gasteiger partial charge in [-0.15, -0.1) is 0 Å². The second-order valence-corrected chi connectivity index (χ2v) is 6.32. The van der Waals surface area contributed by atoms with Crippen LogP contribution in [-0.4, -0.2) is 37.8 Å². The number of hydrogen-bond acceptors (Lipinski definition) is 3. The number of aryl methyl sites for hydroxylation is 1. The summed E-state index contributed by atoms with van der Waals surface area (Å²) in [6, 6.07) is 8.13. The lowest BCUT2D eigenvalue weighted by Gasteiger charge is -2.27. The van der Waals surface area contributed by atoms with Crippen molar-refractivity contribution in [1.82, 2.24) is 19.8 Å². The van der Waals surface area contributed by atoms with Gasteiger partial charge in [0.25, 0.3) is 0 Å². The predicted molar refractivity (Wildman–Crippen MR) is 94.1 cm³/mol. The van der Waals surface area contributed by atoms with Gasteiger partial charge in [0.05, 0.1) is 24.4 Å². The first-order chi connectivity index (χ1) is 11.0. The van der Waals surface area contributed by atoms with Crippen LogP contribution in [0.2, 0.25) is 0 Å². The van der Waals surface area contributed by atoms with Gasteiger partial charge in [0.2, 0.25) is 0 Å². The molecule has 0 radical (unpaired) electrons. The molecule has 122 valence electrons. The van der Waals surface area contributed by atoms with Gasteiger partial charge in [-0.3, -0.25) is 4.98 Å². The summed E-state index contributed by atoms with van der Waals surface area (Å²) in [4.78, 5) is 6.57. The fourth-order valence-corrected chi connectivity index (χ4v) is 3.61. The smallest absolute Gasteiger partial charge is 0.170 e. The van der Waals surface area contributed by atoms with Crippen molar-refractivity contribution in [3.8, 4) is 0 Å². The molecule has 0 aromatic carbocycles. The lowest BCUT2D eigenvalue weighted by molar-refractivity contribution is 0.223. The second-order valence-electron chi connectivity index (χ2n) is 5.93. The van der Waals surface area contributed by atoms with Crippen molar-refractivity contribution in [2.75, 3.05) is 13.2 Å². The van der Waals surface area contributed by atoms with Gasteiger partial charge in [0.15, 0.2) is 5.11 Å². The molecule has 5 nitrogen and oxygen atoms in total. The molecule has 0 unspecified atom stereocenters. The fourth-order valence-electron chi connectivity index (χ4n) is 3.28.